The van der Waals surface area contributed by atoms with E-state index in [9.17, 15) is 13.9 Å². The number of piperidine rings is 1. The van der Waals surface area contributed by atoms with E-state index in [1.54, 1.807) is 32.2 Å². The Morgan fingerprint density at radius 2 is 1.92 bits per heavy atom. The van der Waals surface area contributed by atoms with E-state index in [0.29, 0.717) is 21.8 Å². The number of aromatic nitrogens is 4. The summed E-state index contributed by atoms with van der Waals surface area (Å²) >= 11 is 3.32. The molecule has 2 aromatic heterocycles. The zero-order chi connectivity index (χ0) is 17.5. The van der Waals surface area contributed by atoms with E-state index in [1.165, 1.54) is 4.68 Å². The lowest BCUT2D eigenvalue weighted by atomic mass is 10.1. The summed E-state index contributed by atoms with van der Waals surface area (Å²) in [5.41, 5.74) is -0.0676. The predicted octanol–water partition coefficient (Wildman–Crippen LogP) is 2.89. The molecule has 3 heterocycles. The van der Waals surface area contributed by atoms with Crippen LogP contribution in [0.1, 0.15) is 32.4 Å². The number of hydrogen-bond donors (Lipinski definition) is 1. The lowest BCUT2D eigenvalue weighted by Crippen LogP contribution is -2.40. The standard InChI is InChI=1S/C15H18BrF2N5O/c1-14(2,24)11-9-23(21-20-11)10-3-4-12(16)19-13(10)22-7-5-15(17,18)6-8-22/h3-4,9,24H,5-8H2,1-2H3. The van der Waals surface area contributed by atoms with Gasteiger partial charge in [-0.2, -0.15) is 0 Å². The Balaban J connectivity index is 1.96. The topological polar surface area (TPSA) is 67.1 Å². The molecule has 1 aliphatic rings. The minimum Gasteiger partial charge on any atom is -0.384 e. The quantitative estimate of drug-likeness (QED) is 0.800. The highest BCUT2D eigenvalue weighted by molar-refractivity contribution is 9.10. The molecule has 0 atom stereocenters. The normalized spacial score (nSPS) is 18.0. The average molecular weight is 402 g/mol. The third-order valence-electron chi connectivity index (χ3n) is 3.98. The second kappa shape index (κ2) is 6.03. The van der Waals surface area contributed by atoms with Crippen LogP contribution < -0.4 is 4.90 Å². The summed E-state index contributed by atoms with van der Waals surface area (Å²) in [6.45, 7) is 3.68. The van der Waals surface area contributed by atoms with Crippen LogP contribution in [0, 0.1) is 0 Å². The number of aliphatic hydroxyl groups is 1. The van der Waals surface area contributed by atoms with Crippen LogP contribution in [0.4, 0.5) is 14.6 Å². The average Bonchev–Trinajstić information content (AvgIpc) is 2.97. The van der Waals surface area contributed by atoms with Gasteiger partial charge in [-0.05, 0) is 41.9 Å². The van der Waals surface area contributed by atoms with Crippen LogP contribution in [0.5, 0.6) is 0 Å². The SMILES string of the molecule is CC(C)(O)c1cn(-c2ccc(Br)nc2N2CCC(F)(F)CC2)nn1. The molecule has 0 bridgehead atoms. The first-order valence-electron chi connectivity index (χ1n) is 7.61. The Labute approximate surface area is 146 Å². The molecule has 1 N–H and O–H groups in total. The van der Waals surface area contributed by atoms with E-state index in [2.05, 4.69) is 31.2 Å². The van der Waals surface area contributed by atoms with Gasteiger partial charge in [0.25, 0.3) is 5.92 Å². The van der Waals surface area contributed by atoms with Crippen LogP contribution in [0.15, 0.2) is 22.9 Å². The van der Waals surface area contributed by atoms with E-state index in [4.69, 9.17) is 0 Å². The molecule has 24 heavy (non-hydrogen) atoms. The Hall–Kier alpha value is -1.61. The van der Waals surface area contributed by atoms with E-state index in [1.807, 2.05) is 4.90 Å². The van der Waals surface area contributed by atoms with Crippen molar-refractivity contribution in [3.63, 3.8) is 0 Å². The molecule has 0 amide bonds. The maximum absolute atomic E-state index is 13.4. The molecule has 0 aromatic carbocycles. The van der Waals surface area contributed by atoms with Crippen LogP contribution in [-0.4, -0.2) is 44.1 Å². The molecular formula is C15H18BrF2N5O. The fourth-order valence-electron chi connectivity index (χ4n) is 2.54. The van der Waals surface area contributed by atoms with Crippen molar-refractivity contribution in [3.05, 3.63) is 28.6 Å². The van der Waals surface area contributed by atoms with E-state index in [-0.39, 0.29) is 25.9 Å². The Morgan fingerprint density at radius 3 is 2.50 bits per heavy atom. The molecule has 6 nitrogen and oxygen atoms in total. The number of anilines is 1. The summed E-state index contributed by atoms with van der Waals surface area (Å²) in [6, 6.07) is 3.55. The lowest BCUT2D eigenvalue weighted by Gasteiger charge is -2.33. The van der Waals surface area contributed by atoms with Crippen LogP contribution in [0.2, 0.25) is 0 Å². The second-order valence-corrected chi connectivity index (χ2v) is 7.24. The monoisotopic (exact) mass is 401 g/mol. The smallest absolute Gasteiger partial charge is 0.251 e. The van der Waals surface area contributed by atoms with Gasteiger partial charge in [-0.15, -0.1) is 5.10 Å². The first-order valence-corrected chi connectivity index (χ1v) is 8.40. The van der Waals surface area contributed by atoms with Gasteiger partial charge >= 0.3 is 0 Å². The number of rotatable bonds is 3. The zero-order valence-corrected chi connectivity index (χ0v) is 15.0. The van der Waals surface area contributed by atoms with Crippen molar-refractivity contribution in [1.29, 1.82) is 0 Å². The van der Waals surface area contributed by atoms with Crippen molar-refractivity contribution in [1.82, 2.24) is 20.0 Å². The van der Waals surface area contributed by atoms with Gasteiger partial charge in [-0.1, -0.05) is 5.21 Å². The first kappa shape index (κ1) is 17.2. The minimum absolute atomic E-state index is 0.201. The summed E-state index contributed by atoms with van der Waals surface area (Å²) in [7, 11) is 0. The molecule has 3 rings (SSSR count). The molecule has 1 aliphatic heterocycles. The number of halogens is 3. The van der Waals surface area contributed by atoms with Gasteiger partial charge in [0.1, 0.15) is 21.6 Å². The van der Waals surface area contributed by atoms with Gasteiger partial charge in [-0.25, -0.2) is 18.4 Å². The fraction of sp³-hybridized carbons (Fsp3) is 0.533. The Kier molecular flexibility index (Phi) is 4.33. The third-order valence-corrected chi connectivity index (χ3v) is 4.42. The summed E-state index contributed by atoms with van der Waals surface area (Å²) in [5, 5.41) is 18.1. The molecule has 0 saturated carbocycles. The van der Waals surface area contributed by atoms with Crippen LogP contribution in [0.25, 0.3) is 5.69 Å². The third kappa shape index (κ3) is 3.56. The highest BCUT2D eigenvalue weighted by atomic mass is 79.9. The number of pyridine rings is 1. The summed E-state index contributed by atoms with van der Waals surface area (Å²) in [5.74, 6) is -2.06. The molecular weight excluding hydrogens is 384 g/mol. The lowest BCUT2D eigenvalue weighted by molar-refractivity contribution is -0.0221. The van der Waals surface area contributed by atoms with E-state index >= 15 is 0 Å². The number of hydrogen-bond acceptors (Lipinski definition) is 5. The van der Waals surface area contributed by atoms with Gasteiger partial charge in [-0.3, -0.25) is 0 Å². The van der Waals surface area contributed by atoms with E-state index < -0.39 is 11.5 Å². The molecule has 0 unspecified atom stereocenters. The molecule has 1 fully saturated rings. The first-order chi connectivity index (χ1) is 11.2. The highest BCUT2D eigenvalue weighted by Crippen LogP contribution is 2.33. The van der Waals surface area contributed by atoms with Gasteiger partial charge in [0.15, 0.2) is 5.82 Å². The van der Waals surface area contributed by atoms with Gasteiger partial charge in [0.05, 0.1) is 6.20 Å². The van der Waals surface area contributed by atoms with Crippen molar-refractivity contribution in [3.8, 4) is 5.69 Å². The molecule has 9 heteroatoms. The minimum atomic E-state index is -2.62. The van der Waals surface area contributed by atoms with Gasteiger partial charge < -0.3 is 10.0 Å². The fourth-order valence-corrected chi connectivity index (χ4v) is 2.84. The molecule has 0 radical (unpaired) electrons. The van der Waals surface area contributed by atoms with Crippen molar-refractivity contribution in [2.45, 2.75) is 38.2 Å². The molecule has 130 valence electrons. The molecule has 2 aromatic rings. The maximum Gasteiger partial charge on any atom is 0.251 e. The maximum atomic E-state index is 13.4. The molecule has 0 aliphatic carbocycles. The van der Waals surface area contributed by atoms with Crippen LogP contribution in [0.3, 0.4) is 0 Å². The van der Waals surface area contributed by atoms with Crippen molar-refractivity contribution in [2.24, 2.45) is 0 Å². The summed E-state index contributed by atoms with van der Waals surface area (Å²) in [4.78, 5) is 6.26. The number of nitrogens with zero attached hydrogens (tertiary/aromatic N) is 5. The summed E-state index contributed by atoms with van der Waals surface area (Å²) < 4.78 is 29.0. The van der Waals surface area contributed by atoms with Crippen LogP contribution in [-0.2, 0) is 5.60 Å². The van der Waals surface area contributed by atoms with Crippen molar-refractivity contribution in [2.75, 3.05) is 18.0 Å². The van der Waals surface area contributed by atoms with Gasteiger partial charge in [0, 0.05) is 25.9 Å². The van der Waals surface area contributed by atoms with Crippen molar-refractivity contribution < 1.29 is 13.9 Å². The predicted molar refractivity (Wildman–Crippen MR) is 88.5 cm³/mol. The van der Waals surface area contributed by atoms with E-state index in [0.717, 1.165) is 0 Å². The highest BCUT2D eigenvalue weighted by Gasteiger charge is 2.35. The molecule has 0 spiro atoms. The van der Waals surface area contributed by atoms with Crippen molar-refractivity contribution >= 4 is 21.7 Å². The second-order valence-electron chi connectivity index (χ2n) is 6.43. The largest absolute Gasteiger partial charge is 0.384 e. The van der Waals surface area contributed by atoms with Crippen LogP contribution >= 0.6 is 15.9 Å². The Morgan fingerprint density at radius 1 is 1.25 bits per heavy atom. The Bertz CT molecular complexity index is 734. The zero-order valence-electron chi connectivity index (χ0n) is 13.4. The number of alkyl halides is 2. The molecule has 1 saturated heterocycles. The summed E-state index contributed by atoms with van der Waals surface area (Å²) in [6.07, 6.45) is 1.22. The van der Waals surface area contributed by atoms with Gasteiger partial charge in [0.2, 0.25) is 0 Å².